The van der Waals surface area contributed by atoms with Gasteiger partial charge in [0.1, 0.15) is 22.1 Å². The lowest BCUT2D eigenvalue weighted by atomic mass is 10.1. The van der Waals surface area contributed by atoms with Crippen LogP contribution in [0.25, 0.3) is 0 Å². The fraction of sp³-hybridized carbons (Fsp3) is 0.421. The normalized spacial score (nSPS) is 16.2. The van der Waals surface area contributed by atoms with Gasteiger partial charge in [0.25, 0.3) is 5.91 Å². The van der Waals surface area contributed by atoms with E-state index in [1.165, 1.54) is 16.6 Å². The number of carbonyl (C=O) groups excluding carboxylic acids is 1. The summed E-state index contributed by atoms with van der Waals surface area (Å²) in [6, 6.07) is 6.26. The van der Waals surface area contributed by atoms with Crippen molar-refractivity contribution in [2.75, 3.05) is 40.5 Å². The van der Waals surface area contributed by atoms with Gasteiger partial charge in [0.2, 0.25) is 10.0 Å². The second-order valence-corrected chi connectivity index (χ2v) is 8.51. The highest BCUT2D eigenvalue weighted by molar-refractivity contribution is 7.89. The molecule has 2 aromatic rings. The smallest absolute Gasteiger partial charge is 0.268 e. The lowest BCUT2D eigenvalue weighted by molar-refractivity contribution is 0.0730. The number of aromatic nitrogens is 1. The Bertz CT molecular complexity index is 966. The van der Waals surface area contributed by atoms with Crippen molar-refractivity contribution >= 4 is 15.9 Å². The van der Waals surface area contributed by atoms with Crippen molar-refractivity contribution in [1.29, 1.82) is 0 Å². The number of rotatable bonds is 7. The van der Waals surface area contributed by atoms with E-state index >= 15 is 0 Å². The molecule has 1 saturated heterocycles. The Balaban J connectivity index is 1.75. The van der Waals surface area contributed by atoms with Crippen molar-refractivity contribution in [3.63, 3.8) is 0 Å². The lowest BCUT2D eigenvalue weighted by Gasteiger charge is -2.25. The number of carbonyl (C=O) groups is 1. The molecule has 29 heavy (non-hydrogen) atoms. The summed E-state index contributed by atoms with van der Waals surface area (Å²) >= 11 is 0. The molecule has 9 nitrogen and oxygen atoms in total. The summed E-state index contributed by atoms with van der Waals surface area (Å²) in [7, 11) is -0.561. The zero-order valence-electron chi connectivity index (χ0n) is 16.6. The molecule has 1 unspecified atom stereocenters. The third-order valence-electron chi connectivity index (χ3n) is 4.76. The Morgan fingerprint density at radius 1 is 1.21 bits per heavy atom. The van der Waals surface area contributed by atoms with Crippen LogP contribution in [0.2, 0.25) is 0 Å². The minimum Gasteiger partial charge on any atom is -0.497 e. The molecule has 2 N–H and O–H groups in total. The lowest BCUT2D eigenvalue weighted by Crippen LogP contribution is -2.40. The molecule has 1 aromatic carbocycles. The number of nitrogens with one attached hydrogen (secondary N) is 2. The van der Waals surface area contributed by atoms with Crippen LogP contribution < -0.4 is 14.8 Å². The van der Waals surface area contributed by atoms with Gasteiger partial charge in [0.05, 0.1) is 33.5 Å². The maximum absolute atomic E-state index is 12.7. The molecule has 1 aliphatic rings. The van der Waals surface area contributed by atoms with E-state index in [1.54, 1.807) is 32.4 Å². The number of H-pyrrole nitrogens is 1. The van der Waals surface area contributed by atoms with Crippen LogP contribution in [0.5, 0.6) is 11.5 Å². The highest BCUT2D eigenvalue weighted by atomic mass is 32.2. The summed E-state index contributed by atoms with van der Waals surface area (Å²) < 4.78 is 42.6. The molecule has 1 aliphatic heterocycles. The third-order valence-corrected chi connectivity index (χ3v) is 6.64. The number of hydrogen-bond acceptors (Lipinski definition) is 6. The third kappa shape index (κ3) is 4.55. The zero-order chi connectivity index (χ0) is 21.0. The van der Waals surface area contributed by atoms with Crippen molar-refractivity contribution in [2.24, 2.45) is 0 Å². The summed E-state index contributed by atoms with van der Waals surface area (Å²) in [5.41, 5.74) is 0.901. The molecule has 3 rings (SSSR count). The van der Waals surface area contributed by atoms with E-state index in [9.17, 15) is 13.2 Å². The fourth-order valence-corrected chi connectivity index (χ4v) is 4.52. The van der Waals surface area contributed by atoms with Crippen molar-refractivity contribution in [3.05, 3.63) is 41.7 Å². The van der Waals surface area contributed by atoms with Gasteiger partial charge in [-0.25, -0.2) is 8.42 Å². The van der Waals surface area contributed by atoms with Crippen LogP contribution in [0, 0.1) is 0 Å². The van der Waals surface area contributed by atoms with Gasteiger partial charge in [-0.15, -0.1) is 0 Å². The summed E-state index contributed by atoms with van der Waals surface area (Å²) in [6.45, 7) is 3.11. The maximum atomic E-state index is 12.7. The van der Waals surface area contributed by atoms with Crippen LogP contribution in [0.1, 0.15) is 29.0 Å². The molecule has 1 aromatic heterocycles. The van der Waals surface area contributed by atoms with Crippen LogP contribution >= 0.6 is 0 Å². The molecule has 10 heteroatoms. The summed E-state index contributed by atoms with van der Waals surface area (Å²) in [5.74, 6) is 0.826. The van der Waals surface area contributed by atoms with E-state index in [0.29, 0.717) is 37.8 Å². The van der Waals surface area contributed by atoms with E-state index < -0.39 is 22.0 Å². The quantitative estimate of drug-likeness (QED) is 0.699. The SMILES string of the molecule is COc1ccc(OC)c(C(C)NC(=O)c2cc(S(=O)(=O)N3CCOCC3)c[nH]2)c1. The Labute approximate surface area is 170 Å². The summed E-state index contributed by atoms with van der Waals surface area (Å²) in [6.07, 6.45) is 1.33. The number of nitrogens with zero attached hydrogens (tertiary/aromatic N) is 1. The predicted molar refractivity (Wildman–Crippen MR) is 106 cm³/mol. The van der Waals surface area contributed by atoms with Gasteiger partial charge in [-0.2, -0.15) is 4.31 Å². The first-order valence-corrected chi connectivity index (χ1v) is 10.6. The van der Waals surface area contributed by atoms with E-state index in [1.807, 2.05) is 6.92 Å². The van der Waals surface area contributed by atoms with Crippen LogP contribution in [0.4, 0.5) is 0 Å². The highest BCUT2D eigenvalue weighted by Gasteiger charge is 2.28. The standard InChI is InChI=1S/C19H25N3O6S/c1-13(16-10-14(26-2)4-5-18(16)27-3)21-19(23)17-11-15(12-20-17)29(24,25)22-6-8-28-9-7-22/h4-5,10-13,20H,6-9H2,1-3H3,(H,21,23). The zero-order valence-corrected chi connectivity index (χ0v) is 17.4. The topological polar surface area (TPSA) is 110 Å². The molecule has 1 amide bonds. The first kappa shape index (κ1) is 21.2. The van der Waals surface area contributed by atoms with Gasteiger partial charge in [0.15, 0.2) is 0 Å². The minimum absolute atomic E-state index is 0.0520. The van der Waals surface area contributed by atoms with Gasteiger partial charge in [0, 0.05) is 24.8 Å². The predicted octanol–water partition coefficient (Wildman–Crippen LogP) is 1.54. The summed E-state index contributed by atoms with van der Waals surface area (Å²) in [5, 5.41) is 2.85. The average Bonchev–Trinajstić information content (AvgIpc) is 3.25. The number of amides is 1. The minimum atomic E-state index is -3.67. The Kier molecular flexibility index (Phi) is 6.46. The molecule has 0 spiro atoms. The first-order chi connectivity index (χ1) is 13.9. The van der Waals surface area contributed by atoms with Crippen LogP contribution in [0.15, 0.2) is 35.4 Å². The average molecular weight is 423 g/mol. The van der Waals surface area contributed by atoms with Gasteiger partial charge in [-0.05, 0) is 31.2 Å². The van der Waals surface area contributed by atoms with Gasteiger partial charge in [-0.1, -0.05) is 0 Å². The summed E-state index contributed by atoms with van der Waals surface area (Å²) in [4.78, 5) is 15.5. The molecule has 1 atom stereocenters. The molecule has 0 aliphatic carbocycles. The van der Waals surface area contributed by atoms with E-state index in [0.717, 1.165) is 5.56 Å². The number of hydrogen-bond donors (Lipinski definition) is 2. The van der Waals surface area contributed by atoms with E-state index in [-0.39, 0.29) is 10.6 Å². The Morgan fingerprint density at radius 2 is 1.93 bits per heavy atom. The van der Waals surface area contributed by atoms with Crippen molar-refractivity contribution in [2.45, 2.75) is 17.9 Å². The number of morpholine rings is 1. The van der Waals surface area contributed by atoms with Crippen molar-refractivity contribution < 1.29 is 27.4 Å². The van der Waals surface area contributed by atoms with Crippen LogP contribution in [-0.4, -0.2) is 64.1 Å². The fourth-order valence-electron chi connectivity index (χ4n) is 3.12. The van der Waals surface area contributed by atoms with E-state index in [4.69, 9.17) is 14.2 Å². The molecular formula is C19H25N3O6S. The Morgan fingerprint density at radius 3 is 2.59 bits per heavy atom. The van der Waals surface area contributed by atoms with Crippen LogP contribution in [-0.2, 0) is 14.8 Å². The van der Waals surface area contributed by atoms with Crippen LogP contribution in [0.3, 0.4) is 0 Å². The van der Waals surface area contributed by atoms with Crippen molar-refractivity contribution in [1.82, 2.24) is 14.6 Å². The molecule has 0 bridgehead atoms. The number of benzene rings is 1. The van der Waals surface area contributed by atoms with Gasteiger partial charge < -0.3 is 24.5 Å². The maximum Gasteiger partial charge on any atom is 0.268 e. The second kappa shape index (κ2) is 8.85. The monoisotopic (exact) mass is 423 g/mol. The number of sulfonamides is 1. The molecule has 0 saturated carbocycles. The molecule has 1 fully saturated rings. The highest BCUT2D eigenvalue weighted by Crippen LogP contribution is 2.29. The van der Waals surface area contributed by atoms with Crippen molar-refractivity contribution in [3.8, 4) is 11.5 Å². The second-order valence-electron chi connectivity index (χ2n) is 6.57. The Hall–Kier alpha value is -2.56. The van der Waals surface area contributed by atoms with Gasteiger partial charge >= 0.3 is 0 Å². The number of methoxy groups -OCH3 is 2. The first-order valence-electron chi connectivity index (χ1n) is 9.16. The molecular weight excluding hydrogens is 398 g/mol. The largest absolute Gasteiger partial charge is 0.497 e. The molecule has 0 radical (unpaired) electrons. The van der Waals surface area contributed by atoms with Gasteiger partial charge in [-0.3, -0.25) is 4.79 Å². The van der Waals surface area contributed by atoms with E-state index in [2.05, 4.69) is 10.3 Å². The number of ether oxygens (including phenoxy) is 3. The number of aromatic amines is 1. The molecule has 158 valence electrons. The molecule has 2 heterocycles.